The first-order valence-electron chi connectivity index (χ1n) is 5.43. The van der Waals surface area contributed by atoms with Crippen LogP contribution < -0.4 is 5.32 Å². The standard InChI is InChI=1S/C14H9Br2ClN2/c1-8-4-10(15)14(6-12(8)17)19-13-3-2-9(7-18)5-11(13)16/h2-6,19H,1H3. The molecule has 2 aromatic rings. The molecule has 19 heavy (non-hydrogen) atoms. The predicted molar refractivity (Wildman–Crippen MR) is 86.0 cm³/mol. The topological polar surface area (TPSA) is 35.8 Å². The summed E-state index contributed by atoms with van der Waals surface area (Å²) in [4.78, 5) is 0. The maximum Gasteiger partial charge on any atom is 0.0992 e. The van der Waals surface area contributed by atoms with Crippen molar-refractivity contribution in [2.75, 3.05) is 5.32 Å². The molecule has 0 atom stereocenters. The predicted octanol–water partition coefficient (Wildman–Crippen LogP) is 5.79. The van der Waals surface area contributed by atoms with Crippen molar-refractivity contribution < 1.29 is 0 Å². The van der Waals surface area contributed by atoms with Crippen LogP contribution in [0.25, 0.3) is 0 Å². The number of hydrogen-bond acceptors (Lipinski definition) is 2. The third-order valence-corrected chi connectivity index (χ3v) is 4.34. The van der Waals surface area contributed by atoms with E-state index in [1.54, 1.807) is 12.1 Å². The lowest BCUT2D eigenvalue weighted by Crippen LogP contribution is -1.94. The van der Waals surface area contributed by atoms with E-state index in [1.807, 2.05) is 25.1 Å². The van der Waals surface area contributed by atoms with E-state index in [4.69, 9.17) is 16.9 Å². The summed E-state index contributed by atoms with van der Waals surface area (Å²) in [6, 6.07) is 11.3. The molecule has 96 valence electrons. The molecule has 2 nitrogen and oxygen atoms in total. The van der Waals surface area contributed by atoms with Gasteiger partial charge in [-0.15, -0.1) is 0 Å². The van der Waals surface area contributed by atoms with E-state index in [0.29, 0.717) is 10.6 Å². The lowest BCUT2D eigenvalue weighted by atomic mass is 10.2. The molecular formula is C14H9Br2ClN2. The summed E-state index contributed by atoms with van der Waals surface area (Å²) in [7, 11) is 0. The second kappa shape index (κ2) is 5.96. The fourth-order valence-corrected chi connectivity index (χ4v) is 2.77. The summed E-state index contributed by atoms with van der Waals surface area (Å²) in [5, 5.41) is 12.8. The molecule has 0 spiro atoms. The van der Waals surface area contributed by atoms with Crippen LogP contribution in [0.3, 0.4) is 0 Å². The summed E-state index contributed by atoms with van der Waals surface area (Å²) < 4.78 is 1.76. The van der Waals surface area contributed by atoms with Gasteiger partial charge < -0.3 is 5.32 Å². The van der Waals surface area contributed by atoms with E-state index >= 15 is 0 Å². The first-order chi connectivity index (χ1) is 9.01. The fourth-order valence-electron chi connectivity index (χ4n) is 1.57. The summed E-state index contributed by atoms with van der Waals surface area (Å²) >= 11 is 13.1. The van der Waals surface area contributed by atoms with E-state index in [9.17, 15) is 0 Å². The number of halogens is 3. The van der Waals surface area contributed by atoms with Gasteiger partial charge in [0, 0.05) is 14.0 Å². The molecular weight excluding hydrogens is 391 g/mol. The van der Waals surface area contributed by atoms with Gasteiger partial charge in [-0.05, 0) is 74.7 Å². The highest BCUT2D eigenvalue weighted by molar-refractivity contribution is 9.11. The molecule has 0 bridgehead atoms. The van der Waals surface area contributed by atoms with Crippen molar-refractivity contribution in [3.8, 4) is 6.07 Å². The maximum absolute atomic E-state index is 8.84. The molecule has 0 saturated heterocycles. The number of nitrogens with one attached hydrogen (secondary N) is 1. The van der Waals surface area contributed by atoms with E-state index in [1.165, 1.54) is 0 Å². The first kappa shape index (κ1) is 14.4. The minimum atomic E-state index is 0.610. The van der Waals surface area contributed by atoms with E-state index in [0.717, 1.165) is 25.9 Å². The molecule has 0 heterocycles. The number of nitriles is 1. The van der Waals surface area contributed by atoms with Crippen LogP contribution in [-0.2, 0) is 0 Å². The first-order valence-corrected chi connectivity index (χ1v) is 7.40. The van der Waals surface area contributed by atoms with Crippen LogP contribution in [0.5, 0.6) is 0 Å². The largest absolute Gasteiger partial charge is 0.354 e. The molecule has 0 radical (unpaired) electrons. The Balaban J connectivity index is 2.37. The van der Waals surface area contributed by atoms with Crippen LogP contribution in [0.2, 0.25) is 5.02 Å². The molecule has 0 amide bonds. The highest BCUT2D eigenvalue weighted by atomic mass is 79.9. The third kappa shape index (κ3) is 3.30. The van der Waals surface area contributed by atoms with E-state index < -0.39 is 0 Å². The van der Waals surface area contributed by atoms with Gasteiger partial charge in [-0.3, -0.25) is 0 Å². The summed E-state index contributed by atoms with van der Waals surface area (Å²) in [5.74, 6) is 0. The molecule has 0 aliphatic rings. The second-order valence-corrected chi connectivity index (χ2v) is 6.13. The van der Waals surface area contributed by atoms with Crippen LogP contribution in [-0.4, -0.2) is 0 Å². The highest BCUT2D eigenvalue weighted by Crippen LogP contribution is 2.33. The highest BCUT2D eigenvalue weighted by Gasteiger charge is 2.07. The molecule has 0 fully saturated rings. The smallest absolute Gasteiger partial charge is 0.0992 e. The molecule has 2 aromatic carbocycles. The minimum absolute atomic E-state index is 0.610. The zero-order valence-electron chi connectivity index (χ0n) is 9.97. The third-order valence-electron chi connectivity index (χ3n) is 2.62. The van der Waals surface area contributed by atoms with Crippen molar-refractivity contribution >= 4 is 54.8 Å². The van der Waals surface area contributed by atoms with Crippen LogP contribution in [0.4, 0.5) is 11.4 Å². The van der Waals surface area contributed by atoms with Crippen LogP contribution in [0, 0.1) is 18.3 Å². The van der Waals surface area contributed by atoms with E-state index in [2.05, 4.69) is 43.2 Å². The van der Waals surface area contributed by atoms with Crippen LogP contribution in [0.15, 0.2) is 39.3 Å². The number of hydrogen-bond donors (Lipinski definition) is 1. The molecule has 0 saturated carbocycles. The Labute approximate surface area is 133 Å². The lowest BCUT2D eigenvalue weighted by Gasteiger charge is -2.12. The summed E-state index contributed by atoms with van der Waals surface area (Å²) in [6.45, 7) is 1.95. The quantitative estimate of drug-likeness (QED) is 0.693. The zero-order valence-corrected chi connectivity index (χ0v) is 13.9. The Bertz CT molecular complexity index is 678. The average Bonchev–Trinajstić information content (AvgIpc) is 2.38. The Hall–Kier alpha value is -1.02. The monoisotopic (exact) mass is 398 g/mol. The number of anilines is 2. The normalized spacial score (nSPS) is 10.1. The Kier molecular flexibility index (Phi) is 4.51. The van der Waals surface area contributed by atoms with Crippen molar-refractivity contribution in [3.05, 3.63) is 55.4 Å². The van der Waals surface area contributed by atoms with Crippen molar-refractivity contribution in [2.45, 2.75) is 6.92 Å². The average molecular weight is 401 g/mol. The van der Waals surface area contributed by atoms with Gasteiger partial charge >= 0.3 is 0 Å². The van der Waals surface area contributed by atoms with Crippen LogP contribution in [0.1, 0.15) is 11.1 Å². The molecule has 5 heteroatoms. The van der Waals surface area contributed by atoms with Crippen molar-refractivity contribution in [3.63, 3.8) is 0 Å². The number of rotatable bonds is 2. The Morgan fingerprint density at radius 3 is 2.42 bits per heavy atom. The number of benzene rings is 2. The van der Waals surface area contributed by atoms with Gasteiger partial charge in [0.25, 0.3) is 0 Å². The Morgan fingerprint density at radius 1 is 1.11 bits per heavy atom. The van der Waals surface area contributed by atoms with E-state index in [-0.39, 0.29) is 0 Å². The van der Waals surface area contributed by atoms with Crippen LogP contribution >= 0.6 is 43.5 Å². The lowest BCUT2D eigenvalue weighted by molar-refractivity contribution is 1.42. The molecule has 0 aliphatic heterocycles. The van der Waals surface area contributed by atoms with Gasteiger partial charge in [0.05, 0.1) is 23.0 Å². The van der Waals surface area contributed by atoms with Gasteiger partial charge in [0.2, 0.25) is 0 Å². The van der Waals surface area contributed by atoms with Gasteiger partial charge in [-0.1, -0.05) is 11.6 Å². The van der Waals surface area contributed by atoms with Gasteiger partial charge in [0.1, 0.15) is 0 Å². The zero-order chi connectivity index (χ0) is 14.0. The van der Waals surface area contributed by atoms with Gasteiger partial charge in [-0.2, -0.15) is 5.26 Å². The van der Waals surface area contributed by atoms with Crippen molar-refractivity contribution in [1.82, 2.24) is 0 Å². The summed E-state index contributed by atoms with van der Waals surface area (Å²) in [6.07, 6.45) is 0. The Morgan fingerprint density at radius 2 is 1.79 bits per heavy atom. The minimum Gasteiger partial charge on any atom is -0.354 e. The number of aryl methyl sites for hydroxylation is 1. The van der Waals surface area contributed by atoms with Gasteiger partial charge in [-0.25, -0.2) is 0 Å². The molecule has 1 N–H and O–H groups in total. The van der Waals surface area contributed by atoms with Crippen molar-refractivity contribution in [1.29, 1.82) is 5.26 Å². The summed E-state index contributed by atoms with van der Waals surface area (Å²) in [5.41, 5.74) is 3.37. The molecule has 0 aromatic heterocycles. The maximum atomic E-state index is 8.84. The molecule has 0 aliphatic carbocycles. The van der Waals surface area contributed by atoms with Gasteiger partial charge in [0.15, 0.2) is 0 Å². The number of nitrogens with zero attached hydrogens (tertiary/aromatic N) is 1. The van der Waals surface area contributed by atoms with Crippen molar-refractivity contribution in [2.24, 2.45) is 0 Å². The SMILES string of the molecule is Cc1cc(Br)c(Nc2ccc(C#N)cc2Br)cc1Cl. The molecule has 2 rings (SSSR count). The second-order valence-electron chi connectivity index (χ2n) is 4.01. The fraction of sp³-hybridized carbons (Fsp3) is 0.0714. The molecule has 0 unspecified atom stereocenters.